The molecule has 0 spiro atoms. The van der Waals surface area contributed by atoms with E-state index in [-0.39, 0.29) is 0 Å². The Bertz CT molecular complexity index is 541. The van der Waals surface area contributed by atoms with E-state index in [4.69, 9.17) is 0 Å². The maximum Gasteiger partial charge on any atom is 0.159 e. The topological polar surface area (TPSA) is 41.0 Å². The van der Waals surface area contributed by atoms with Gasteiger partial charge in [-0.15, -0.1) is 5.10 Å². The smallest absolute Gasteiger partial charge is 0.159 e. The predicted octanol–water partition coefficient (Wildman–Crippen LogP) is 2.21. The van der Waals surface area contributed by atoms with Crippen molar-refractivity contribution in [2.75, 3.05) is 24.5 Å². The summed E-state index contributed by atoms with van der Waals surface area (Å²) in [6.07, 6.45) is 4.20. The number of piperidine rings is 1. The van der Waals surface area contributed by atoms with Gasteiger partial charge in [-0.05, 0) is 19.4 Å². The molecule has 2 aromatic rings. The third kappa shape index (κ3) is 2.54. The van der Waals surface area contributed by atoms with Crippen molar-refractivity contribution in [2.45, 2.75) is 25.8 Å². The molecule has 1 fully saturated rings. The summed E-state index contributed by atoms with van der Waals surface area (Å²) in [5, 5.41) is 14.4. The van der Waals surface area contributed by atoms with Crippen molar-refractivity contribution in [3.8, 4) is 0 Å². The maximum atomic E-state index is 4.36. The lowest BCUT2D eigenvalue weighted by molar-refractivity contribution is 0.422. The lowest BCUT2D eigenvalue weighted by Gasteiger charge is -2.33. The number of rotatable bonds is 3. The number of hydrogen-bond acceptors (Lipinski definition) is 4. The highest BCUT2D eigenvalue weighted by Gasteiger charge is 2.20. The van der Waals surface area contributed by atoms with Crippen LogP contribution in [0.2, 0.25) is 0 Å². The molecule has 1 N–H and O–H groups in total. The molecule has 1 aromatic carbocycles. The minimum Gasteiger partial charge on any atom is -0.354 e. The van der Waals surface area contributed by atoms with Crippen LogP contribution in [0.15, 0.2) is 30.5 Å². The monoisotopic (exact) mass is 256 g/mol. The summed E-state index contributed by atoms with van der Waals surface area (Å²) in [5.74, 6) is 1.04. The first kappa shape index (κ1) is 12.4. The highest BCUT2D eigenvalue weighted by Crippen LogP contribution is 2.25. The van der Waals surface area contributed by atoms with Crippen LogP contribution in [0.5, 0.6) is 0 Å². The fourth-order valence-corrected chi connectivity index (χ4v) is 2.83. The Kier molecular flexibility index (Phi) is 3.60. The molecular formula is C15H20N4. The Hall–Kier alpha value is -1.68. The number of aromatic nitrogens is 2. The number of nitrogens with one attached hydrogen (secondary N) is 1. The molecule has 1 aliphatic heterocycles. The van der Waals surface area contributed by atoms with Gasteiger partial charge in [-0.1, -0.05) is 31.2 Å². The number of benzene rings is 1. The highest BCUT2D eigenvalue weighted by atomic mass is 15.3. The van der Waals surface area contributed by atoms with E-state index in [0.717, 1.165) is 25.5 Å². The minimum absolute atomic E-state index is 0.657. The van der Waals surface area contributed by atoms with E-state index < -0.39 is 0 Å². The lowest BCUT2D eigenvalue weighted by Crippen LogP contribution is -2.42. The van der Waals surface area contributed by atoms with Crippen molar-refractivity contribution in [3.63, 3.8) is 0 Å². The molecule has 2 heterocycles. The van der Waals surface area contributed by atoms with Gasteiger partial charge in [0.15, 0.2) is 5.82 Å². The van der Waals surface area contributed by atoms with Gasteiger partial charge in [0.1, 0.15) is 0 Å². The zero-order chi connectivity index (χ0) is 13.1. The average Bonchev–Trinajstić information content (AvgIpc) is 2.48. The minimum atomic E-state index is 0.657. The second-order valence-electron chi connectivity index (χ2n) is 5.07. The summed E-state index contributed by atoms with van der Waals surface area (Å²) < 4.78 is 0. The van der Waals surface area contributed by atoms with Crippen LogP contribution < -0.4 is 10.2 Å². The van der Waals surface area contributed by atoms with E-state index in [1.807, 2.05) is 12.3 Å². The van der Waals surface area contributed by atoms with Crippen molar-refractivity contribution in [3.05, 3.63) is 30.5 Å². The molecule has 0 atom stereocenters. The molecular weight excluding hydrogens is 236 g/mol. The van der Waals surface area contributed by atoms with E-state index in [1.165, 1.54) is 23.6 Å². The van der Waals surface area contributed by atoms with Gasteiger partial charge in [-0.25, -0.2) is 0 Å². The van der Waals surface area contributed by atoms with Crippen molar-refractivity contribution < 1.29 is 0 Å². The second-order valence-corrected chi connectivity index (χ2v) is 5.07. The Morgan fingerprint density at radius 3 is 2.84 bits per heavy atom. The molecule has 1 saturated heterocycles. The number of anilines is 1. The molecule has 1 aliphatic rings. The third-order valence-corrected chi connectivity index (χ3v) is 3.84. The van der Waals surface area contributed by atoms with E-state index in [1.54, 1.807) is 0 Å². The van der Waals surface area contributed by atoms with Gasteiger partial charge in [-0.2, -0.15) is 5.10 Å². The van der Waals surface area contributed by atoms with Gasteiger partial charge < -0.3 is 10.2 Å². The SMILES string of the molecule is CCNC1CCN(c2nncc3ccccc23)CC1. The normalized spacial score (nSPS) is 17.0. The Morgan fingerprint density at radius 2 is 2.05 bits per heavy atom. The first-order valence-corrected chi connectivity index (χ1v) is 7.07. The molecule has 0 unspecified atom stereocenters. The van der Waals surface area contributed by atoms with Gasteiger partial charge in [0.2, 0.25) is 0 Å². The molecule has 100 valence electrons. The van der Waals surface area contributed by atoms with E-state index >= 15 is 0 Å². The Balaban J connectivity index is 1.82. The van der Waals surface area contributed by atoms with E-state index in [0.29, 0.717) is 6.04 Å². The first-order valence-electron chi connectivity index (χ1n) is 7.07. The van der Waals surface area contributed by atoms with Crippen LogP contribution in [0.1, 0.15) is 19.8 Å². The molecule has 0 aliphatic carbocycles. The summed E-state index contributed by atoms with van der Waals surface area (Å²) in [4.78, 5) is 2.36. The van der Waals surface area contributed by atoms with Crippen LogP contribution in [0.3, 0.4) is 0 Å². The van der Waals surface area contributed by atoms with Crippen LogP contribution in [0.25, 0.3) is 10.8 Å². The summed E-state index contributed by atoms with van der Waals surface area (Å²) in [6.45, 7) is 5.34. The van der Waals surface area contributed by atoms with Gasteiger partial charge in [0, 0.05) is 29.9 Å². The second kappa shape index (κ2) is 5.53. The molecule has 4 nitrogen and oxygen atoms in total. The summed E-state index contributed by atoms with van der Waals surface area (Å²) in [5.41, 5.74) is 0. The molecule has 3 rings (SSSR count). The molecule has 0 saturated carbocycles. The number of nitrogens with zero attached hydrogens (tertiary/aromatic N) is 3. The predicted molar refractivity (Wildman–Crippen MR) is 78.4 cm³/mol. The van der Waals surface area contributed by atoms with Crippen LogP contribution >= 0.6 is 0 Å². The lowest BCUT2D eigenvalue weighted by atomic mass is 10.0. The maximum absolute atomic E-state index is 4.36. The van der Waals surface area contributed by atoms with Crippen LogP contribution in [-0.4, -0.2) is 35.9 Å². The number of fused-ring (bicyclic) bond motifs is 1. The zero-order valence-electron chi connectivity index (χ0n) is 11.3. The molecule has 1 aromatic heterocycles. The van der Waals surface area contributed by atoms with Gasteiger partial charge in [0.05, 0.1) is 6.20 Å². The van der Waals surface area contributed by atoms with Gasteiger partial charge in [0.25, 0.3) is 0 Å². The molecule has 19 heavy (non-hydrogen) atoms. The fraction of sp³-hybridized carbons (Fsp3) is 0.467. The van der Waals surface area contributed by atoms with Crippen molar-refractivity contribution in [1.29, 1.82) is 0 Å². The van der Waals surface area contributed by atoms with E-state index in [2.05, 4.69) is 45.5 Å². The first-order chi connectivity index (χ1) is 9.38. The van der Waals surface area contributed by atoms with Crippen molar-refractivity contribution in [1.82, 2.24) is 15.5 Å². The summed E-state index contributed by atoms with van der Waals surface area (Å²) in [6, 6.07) is 9.00. The highest BCUT2D eigenvalue weighted by molar-refractivity contribution is 5.91. The Labute approximate surface area is 113 Å². The van der Waals surface area contributed by atoms with Crippen LogP contribution in [0.4, 0.5) is 5.82 Å². The van der Waals surface area contributed by atoms with Crippen LogP contribution in [-0.2, 0) is 0 Å². The van der Waals surface area contributed by atoms with Crippen molar-refractivity contribution >= 4 is 16.6 Å². The van der Waals surface area contributed by atoms with E-state index in [9.17, 15) is 0 Å². The molecule has 0 radical (unpaired) electrons. The Morgan fingerprint density at radius 1 is 1.26 bits per heavy atom. The van der Waals surface area contributed by atoms with Crippen LogP contribution in [0, 0.1) is 0 Å². The summed E-state index contributed by atoms with van der Waals surface area (Å²) in [7, 11) is 0. The summed E-state index contributed by atoms with van der Waals surface area (Å²) >= 11 is 0. The fourth-order valence-electron chi connectivity index (χ4n) is 2.83. The van der Waals surface area contributed by atoms with Gasteiger partial charge in [-0.3, -0.25) is 0 Å². The molecule has 0 amide bonds. The average molecular weight is 256 g/mol. The molecule has 4 heteroatoms. The number of hydrogen-bond donors (Lipinski definition) is 1. The standard InChI is InChI=1S/C15H20N4/c1-2-16-13-7-9-19(10-8-13)15-14-6-4-3-5-12(14)11-17-18-15/h3-6,11,13,16H,2,7-10H2,1H3. The molecule has 0 bridgehead atoms. The third-order valence-electron chi connectivity index (χ3n) is 3.84. The van der Waals surface area contributed by atoms with Gasteiger partial charge >= 0.3 is 0 Å². The van der Waals surface area contributed by atoms with Crippen molar-refractivity contribution in [2.24, 2.45) is 0 Å². The zero-order valence-corrected chi connectivity index (χ0v) is 11.3. The quantitative estimate of drug-likeness (QED) is 0.914. The largest absolute Gasteiger partial charge is 0.354 e.